The molecule has 0 radical (unpaired) electrons. The second-order valence-electron chi connectivity index (χ2n) is 10.0. The van der Waals surface area contributed by atoms with Gasteiger partial charge in [0.2, 0.25) is 5.95 Å². The first-order valence-corrected chi connectivity index (χ1v) is 13.1. The van der Waals surface area contributed by atoms with Crippen LogP contribution in [0.4, 0.5) is 17.3 Å². The number of pyridine rings is 1. The Morgan fingerprint density at radius 1 is 1.14 bits per heavy atom. The van der Waals surface area contributed by atoms with Crippen LogP contribution in [-0.2, 0) is 4.74 Å². The molecule has 9 nitrogen and oxygen atoms in total. The van der Waals surface area contributed by atoms with Crippen molar-refractivity contribution in [2.75, 3.05) is 57.1 Å². The minimum Gasteiger partial charge on any atom is -0.372 e. The summed E-state index contributed by atoms with van der Waals surface area (Å²) in [6.45, 7) is 8.52. The zero-order valence-electron chi connectivity index (χ0n) is 21.8. The summed E-state index contributed by atoms with van der Waals surface area (Å²) in [4.78, 5) is 11.8. The number of anilines is 3. The molecule has 37 heavy (non-hydrogen) atoms. The van der Waals surface area contributed by atoms with Crippen LogP contribution in [0.3, 0.4) is 0 Å². The summed E-state index contributed by atoms with van der Waals surface area (Å²) in [5, 5.41) is 16.8. The van der Waals surface area contributed by atoms with Gasteiger partial charge in [-0.2, -0.15) is 10.2 Å². The summed E-state index contributed by atoms with van der Waals surface area (Å²) < 4.78 is 7.43. The Balaban J connectivity index is 1.23. The number of benzene rings is 1. The molecule has 0 spiro atoms. The summed E-state index contributed by atoms with van der Waals surface area (Å²) in [6, 6.07) is 15.0. The van der Waals surface area contributed by atoms with E-state index >= 15 is 0 Å². The normalized spacial score (nSPS) is 17.6. The molecule has 2 aliphatic rings. The topological polar surface area (TPSA) is 85.0 Å². The number of nitrogens with one attached hydrogen (secondary N) is 1. The lowest BCUT2D eigenvalue weighted by Gasteiger charge is -2.37. The zero-order chi connectivity index (χ0) is 25.8. The first-order chi connectivity index (χ1) is 18.0. The number of nitriles is 1. The molecular weight excluding hydrogens is 464 g/mol. The first-order valence-electron chi connectivity index (χ1n) is 13.1. The average Bonchev–Trinajstić information content (AvgIpc) is 3.35. The van der Waals surface area contributed by atoms with Crippen LogP contribution < -0.4 is 10.2 Å². The summed E-state index contributed by atoms with van der Waals surface area (Å²) in [5.74, 6) is 0.565. The van der Waals surface area contributed by atoms with Gasteiger partial charge in [-0.25, -0.2) is 4.52 Å². The Bertz CT molecular complexity index is 1250. The van der Waals surface area contributed by atoms with Crippen molar-refractivity contribution in [3.8, 4) is 6.07 Å². The zero-order valence-corrected chi connectivity index (χ0v) is 21.8. The predicted octanol–water partition coefficient (Wildman–Crippen LogP) is 3.98. The van der Waals surface area contributed by atoms with Gasteiger partial charge in [0, 0.05) is 43.8 Å². The van der Waals surface area contributed by atoms with Crippen molar-refractivity contribution < 1.29 is 4.74 Å². The van der Waals surface area contributed by atoms with E-state index in [-0.39, 0.29) is 12.7 Å². The molecular formula is C28H36N8O. The lowest BCUT2D eigenvalue weighted by Crippen LogP contribution is -2.40. The Hall–Kier alpha value is -3.61. The molecule has 0 unspecified atom stereocenters. The summed E-state index contributed by atoms with van der Waals surface area (Å²) in [6.07, 6.45) is 6.19. The molecule has 1 N–H and O–H groups in total. The predicted molar refractivity (Wildman–Crippen MR) is 147 cm³/mol. The van der Waals surface area contributed by atoms with Crippen LogP contribution in [0.1, 0.15) is 31.2 Å². The van der Waals surface area contributed by atoms with Crippen LogP contribution in [0.25, 0.3) is 11.3 Å². The van der Waals surface area contributed by atoms with Crippen molar-refractivity contribution in [2.45, 2.75) is 37.8 Å². The molecule has 0 atom stereocenters. The first kappa shape index (κ1) is 25.1. The van der Waals surface area contributed by atoms with Gasteiger partial charge in [0.1, 0.15) is 6.61 Å². The Kier molecular flexibility index (Phi) is 7.58. The molecule has 5 rings (SSSR count). The van der Waals surface area contributed by atoms with Crippen molar-refractivity contribution in [3.63, 3.8) is 0 Å². The second-order valence-corrected chi connectivity index (χ2v) is 10.0. The maximum Gasteiger partial charge on any atom is 0.247 e. The van der Waals surface area contributed by atoms with Crippen LogP contribution in [0.15, 0.2) is 49.2 Å². The lowest BCUT2D eigenvalue weighted by molar-refractivity contribution is 0.0588. The molecule has 3 aromatic rings. The fraction of sp³-hybridized carbons (Fsp3) is 0.464. The molecule has 0 aliphatic carbocycles. The largest absolute Gasteiger partial charge is 0.372 e. The van der Waals surface area contributed by atoms with E-state index in [4.69, 9.17) is 15.0 Å². The Labute approximate surface area is 218 Å². The van der Waals surface area contributed by atoms with E-state index in [2.05, 4.69) is 82.2 Å². The number of rotatable bonds is 8. The number of fused-ring (bicyclic) bond motifs is 1. The maximum absolute atomic E-state index is 8.75. The molecule has 0 saturated carbocycles. The fourth-order valence-corrected chi connectivity index (χ4v) is 5.29. The van der Waals surface area contributed by atoms with Gasteiger partial charge in [0.05, 0.1) is 17.9 Å². The second kappa shape index (κ2) is 11.2. The quantitative estimate of drug-likeness (QED) is 0.497. The number of likely N-dealkylation sites (tertiary alicyclic amines) is 1. The third kappa shape index (κ3) is 5.71. The highest BCUT2D eigenvalue weighted by molar-refractivity contribution is 5.71. The third-order valence-corrected chi connectivity index (χ3v) is 7.64. The van der Waals surface area contributed by atoms with Crippen molar-refractivity contribution in [3.05, 3.63) is 54.7 Å². The van der Waals surface area contributed by atoms with Crippen LogP contribution in [0.2, 0.25) is 0 Å². The standard InChI is InChI=1S/C28H36N8O/c1-21(34(3)24-10-16-33(2)17-11-24)22-6-8-23(9-7-22)30-28-31-27-26(5-4-15-36(27)32-28)35-18-12-25(13-19-35)37-20-14-29/h4-9,15,24-25H,1,10-13,16-20H2,2-3H3,(H,30,32). The van der Waals surface area contributed by atoms with Gasteiger partial charge in [-0.15, -0.1) is 5.10 Å². The molecule has 2 fully saturated rings. The Morgan fingerprint density at radius 2 is 1.86 bits per heavy atom. The van der Waals surface area contributed by atoms with E-state index in [0.717, 1.165) is 67.3 Å². The van der Waals surface area contributed by atoms with Crippen molar-refractivity contribution >= 4 is 28.7 Å². The smallest absolute Gasteiger partial charge is 0.247 e. The van der Waals surface area contributed by atoms with Gasteiger partial charge in [-0.05, 0) is 75.6 Å². The monoisotopic (exact) mass is 500 g/mol. The van der Waals surface area contributed by atoms with E-state index in [1.807, 2.05) is 16.8 Å². The molecule has 194 valence electrons. The van der Waals surface area contributed by atoms with E-state index < -0.39 is 0 Å². The molecule has 1 aromatic carbocycles. The van der Waals surface area contributed by atoms with Gasteiger partial charge in [0.25, 0.3) is 0 Å². The lowest BCUT2D eigenvalue weighted by atomic mass is 10.0. The van der Waals surface area contributed by atoms with E-state index in [9.17, 15) is 0 Å². The van der Waals surface area contributed by atoms with E-state index in [1.165, 1.54) is 12.8 Å². The summed E-state index contributed by atoms with van der Waals surface area (Å²) >= 11 is 0. The highest BCUT2D eigenvalue weighted by Gasteiger charge is 2.23. The number of hydrogen-bond donors (Lipinski definition) is 1. The summed E-state index contributed by atoms with van der Waals surface area (Å²) in [5.41, 5.74) is 5.00. The van der Waals surface area contributed by atoms with Gasteiger partial charge in [-0.3, -0.25) is 0 Å². The maximum atomic E-state index is 8.75. The van der Waals surface area contributed by atoms with Gasteiger partial charge in [-0.1, -0.05) is 18.7 Å². The van der Waals surface area contributed by atoms with E-state index in [0.29, 0.717) is 12.0 Å². The molecule has 2 saturated heterocycles. The third-order valence-electron chi connectivity index (χ3n) is 7.64. The average molecular weight is 501 g/mol. The van der Waals surface area contributed by atoms with Crippen molar-refractivity contribution in [1.82, 2.24) is 24.4 Å². The highest BCUT2D eigenvalue weighted by atomic mass is 16.5. The molecule has 4 heterocycles. The van der Waals surface area contributed by atoms with Crippen LogP contribution in [0, 0.1) is 11.3 Å². The number of ether oxygens (including phenoxy) is 1. The molecule has 9 heteroatoms. The molecule has 2 aromatic heterocycles. The minimum atomic E-state index is 0.147. The fourth-order valence-electron chi connectivity index (χ4n) is 5.29. The van der Waals surface area contributed by atoms with Gasteiger partial charge < -0.3 is 24.8 Å². The SMILES string of the molecule is C=C(c1ccc(Nc2nc3c(N4CCC(OCC#N)CC4)cccn3n2)cc1)N(C)C1CCN(C)CC1. The van der Waals surface area contributed by atoms with Gasteiger partial charge in [0.15, 0.2) is 5.65 Å². The number of aromatic nitrogens is 3. The molecule has 0 bridgehead atoms. The minimum absolute atomic E-state index is 0.147. The van der Waals surface area contributed by atoms with Crippen molar-refractivity contribution in [1.29, 1.82) is 5.26 Å². The van der Waals surface area contributed by atoms with Crippen molar-refractivity contribution in [2.24, 2.45) is 0 Å². The van der Waals surface area contributed by atoms with Crippen LogP contribution >= 0.6 is 0 Å². The number of piperidine rings is 2. The van der Waals surface area contributed by atoms with E-state index in [1.54, 1.807) is 0 Å². The number of hydrogen-bond acceptors (Lipinski definition) is 8. The molecule has 2 aliphatic heterocycles. The summed E-state index contributed by atoms with van der Waals surface area (Å²) in [7, 11) is 4.35. The highest BCUT2D eigenvalue weighted by Crippen LogP contribution is 2.28. The molecule has 0 amide bonds. The van der Waals surface area contributed by atoms with Crippen LogP contribution in [-0.4, -0.2) is 83.4 Å². The Morgan fingerprint density at radius 3 is 2.57 bits per heavy atom. The van der Waals surface area contributed by atoms with Gasteiger partial charge >= 0.3 is 0 Å². The number of nitrogens with zero attached hydrogens (tertiary/aromatic N) is 7. The van der Waals surface area contributed by atoms with Crippen LogP contribution in [0.5, 0.6) is 0 Å².